The lowest BCUT2D eigenvalue weighted by Crippen LogP contribution is -2.18. The molecule has 34 heavy (non-hydrogen) atoms. The molecule has 0 atom stereocenters. The molecule has 0 aliphatic rings. The van der Waals surface area contributed by atoms with Gasteiger partial charge in [-0.2, -0.15) is 5.26 Å². The highest BCUT2D eigenvalue weighted by Crippen LogP contribution is 2.27. The summed E-state index contributed by atoms with van der Waals surface area (Å²) in [6.07, 6.45) is 3.78. The summed E-state index contributed by atoms with van der Waals surface area (Å²) in [6.45, 7) is 4.43. The summed E-state index contributed by atoms with van der Waals surface area (Å²) in [4.78, 5) is 17.2. The molecule has 0 spiro atoms. The highest BCUT2D eigenvalue weighted by Gasteiger charge is 2.20. The van der Waals surface area contributed by atoms with E-state index in [4.69, 9.17) is 0 Å². The van der Waals surface area contributed by atoms with E-state index in [1.54, 1.807) is 0 Å². The molecule has 0 bridgehead atoms. The van der Waals surface area contributed by atoms with Crippen molar-refractivity contribution >= 4 is 35.6 Å². The van der Waals surface area contributed by atoms with Gasteiger partial charge in [0.15, 0.2) is 0 Å². The number of nitriles is 1. The first kappa shape index (κ1) is 23.1. The third-order valence-electron chi connectivity index (χ3n) is 5.43. The van der Waals surface area contributed by atoms with Crippen molar-refractivity contribution in [1.82, 2.24) is 19.7 Å². The number of aromatic nitrogens is 4. The molecule has 2 N–H and O–H groups in total. The number of aromatic amines is 1. The molecule has 2 aromatic heterocycles. The lowest BCUT2D eigenvalue weighted by atomic mass is 10.2. The molecule has 0 unspecified atom stereocenters. The van der Waals surface area contributed by atoms with Crippen molar-refractivity contribution in [2.45, 2.75) is 25.5 Å². The van der Waals surface area contributed by atoms with Gasteiger partial charge < -0.3 is 9.88 Å². The number of hydrogen-bond donors (Lipinski definition) is 2. The number of carbonyl (C=O) groups is 1. The Morgan fingerprint density at radius 3 is 2.53 bits per heavy atom. The number of hydrogen-bond acceptors (Lipinski definition) is 5. The number of benzene rings is 2. The maximum absolute atomic E-state index is 12.8. The molecule has 2 heterocycles. The molecule has 2 aromatic carbocycles. The molecule has 170 valence electrons. The summed E-state index contributed by atoms with van der Waals surface area (Å²) in [7, 11) is 0. The number of rotatable bonds is 8. The summed E-state index contributed by atoms with van der Waals surface area (Å²) in [5.41, 5.74) is 4.45. The van der Waals surface area contributed by atoms with Crippen LogP contribution in [0, 0.1) is 25.2 Å². The minimum absolute atomic E-state index is 0.124. The zero-order valence-electron chi connectivity index (χ0n) is 18.9. The number of anilines is 1. The largest absolute Gasteiger partial charge is 0.326 e. The average Bonchev–Trinajstić information content (AvgIpc) is 3.41. The monoisotopic (exact) mass is 468 g/mol. The van der Waals surface area contributed by atoms with E-state index in [2.05, 4.69) is 26.6 Å². The van der Waals surface area contributed by atoms with Crippen molar-refractivity contribution in [3.8, 4) is 6.07 Å². The summed E-state index contributed by atoms with van der Waals surface area (Å²) in [6, 6.07) is 22.1. The fraction of sp³-hybridized carbons (Fsp3) is 0.154. The van der Waals surface area contributed by atoms with Gasteiger partial charge >= 0.3 is 0 Å². The van der Waals surface area contributed by atoms with E-state index in [1.807, 2.05) is 91.2 Å². The van der Waals surface area contributed by atoms with E-state index >= 15 is 0 Å². The van der Waals surface area contributed by atoms with E-state index in [0.29, 0.717) is 28.9 Å². The first-order chi connectivity index (χ1) is 16.5. The molecule has 0 fully saturated rings. The normalized spacial score (nSPS) is 11.0. The van der Waals surface area contributed by atoms with Crippen LogP contribution in [-0.4, -0.2) is 31.4 Å². The lowest BCUT2D eigenvalue weighted by molar-refractivity contribution is -0.113. The topological polar surface area (TPSA) is 99.4 Å². The molecule has 0 radical (unpaired) electrons. The zero-order valence-corrected chi connectivity index (χ0v) is 19.8. The van der Waals surface area contributed by atoms with Crippen LogP contribution in [0.25, 0.3) is 12.2 Å². The summed E-state index contributed by atoms with van der Waals surface area (Å²) >= 11 is 1.23. The Hall–Kier alpha value is -4.09. The summed E-state index contributed by atoms with van der Waals surface area (Å²) < 4.78 is 1.98. The van der Waals surface area contributed by atoms with Gasteiger partial charge in [-0.3, -0.25) is 9.89 Å². The Morgan fingerprint density at radius 1 is 1.12 bits per heavy atom. The molecular formula is C26H24N6OS. The summed E-state index contributed by atoms with van der Waals surface area (Å²) in [5.74, 6) is 1.04. The van der Waals surface area contributed by atoms with E-state index in [1.165, 1.54) is 11.8 Å². The van der Waals surface area contributed by atoms with Gasteiger partial charge in [0, 0.05) is 12.2 Å². The number of H-pyrrole nitrogens is 1. The van der Waals surface area contributed by atoms with E-state index in [0.717, 1.165) is 22.4 Å². The van der Waals surface area contributed by atoms with Crippen molar-refractivity contribution in [2.75, 3.05) is 11.1 Å². The second kappa shape index (κ2) is 10.7. The first-order valence-electron chi connectivity index (χ1n) is 10.8. The van der Waals surface area contributed by atoms with Crippen LogP contribution in [0.4, 0.5) is 5.82 Å². The van der Waals surface area contributed by atoms with Crippen molar-refractivity contribution in [1.29, 1.82) is 5.26 Å². The van der Waals surface area contributed by atoms with Gasteiger partial charge in [0.2, 0.25) is 11.1 Å². The van der Waals surface area contributed by atoms with Crippen LogP contribution in [0.3, 0.4) is 0 Å². The second-order valence-corrected chi connectivity index (χ2v) is 8.64. The Kier molecular flexibility index (Phi) is 7.25. The van der Waals surface area contributed by atoms with Crippen molar-refractivity contribution in [3.63, 3.8) is 0 Å². The number of amides is 1. The van der Waals surface area contributed by atoms with Crippen LogP contribution in [0.5, 0.6) is 0 Å². The molecule has 4 rings (SSSR count). The number of thioether (sulfide) groups is 1. The highest BCUT2D eigenvalue weighted by atomic mass is 32.2. The predicted octanol–water partition coefficient (Wildman–Crippen LogP) is 5.04. The van der Waals surface area contributed by atoms with E-state index in [9.17, 15) is 10.1 Å². The molecule has 7 nitrogen and oxygen atoms in total. The summed E-state index contributed by atoms with van der Waals surface area (Å²) in [5, 5.41) is 20.2. The fourth-order valence-electron chi connectivity index (χ4n) is 3.53. The van der Waals surface area contributed by atoms with Crippen molar-refractivity contribution in [3.05, 3.63) is 94.4 Å². The van der Waals surface area contributed by atoms with Gasteiger partial charge in [-0.1, -0.05) is 78.5 Å². The van der Waals surface area contributed by atoms with Crippen LogP contribution >= 0.6 is 11.8 Å². The molecule has 4 aromatic rings. The first-order valence-corrected chi connectivity index (χ1v) is 11.8. The zero-order chi connectivity index (χ0) is 23.9. The molecule has 8 heteroatoms. The van der Waals surface area contributed by atoms with Gasteiger partial charge in [0.1, 0.15) is 17.7 Å². The van der Waals surface area contributed by atoms with Crippen molar-refractivity contribution < 1.29 is 4.79 Å². The number of nitrogens with zero attached hydrogens (tertiary/aromatic N) is 4. The quantitative estimate of drug-likeness (QED) is 0.353. The third-order valence-corrected chi connectivity index (χ3v) is 6.28. The Balaban J connectivity index is 1.42. The number of carbonyl (C=O) groups excluding carboxylic acids is 1. The molecule has 0 aliphatic heterocycles. The van der Waals surface area contributed by atoms with Gasteiger partial charge in [-0.25, -0.2) is 4.98 Å². The van der Waals surface area contributed by atoms with E-state index < -0.39 is 0 Å². The molecule has 1 amide bonds. The number of nitrogens with one attached hydrogen (secondary N) is 2. The van der Waals surface area contributed by atoms with Gasteiger partial charge in [-0.15, -0.1) is 5.10 Å². The molecule has 0 saturated heterocycles. The maximum atomic E-state index is 12.8. The Bertz CT molecular complexity index is 1350. The SMILES string of the molecule is Cc1c(C#N)c(NC(=O)CSc2n[nH]c(/C=C/c3ccccc3)n2)n(Cc2ccccc2)c1C. The van der Waals surface area contributed by atoms with Gasteiger partial charge in [0.25, 0.3) is 0 Å². The standard InChI is InChI=1S/C26H24N6OS/c1-18-19(2)32(16-21-11-7-4-8-12-21)25(22(18)15-27)29-24(33)17-34-26-28-23(30-31-26)14-13-20-9-5-3-6-10-20/h3-14H,16-17H2,1-2H3,(H,29,33)(H,28,30,31)/b14-13+. The predicted molar refractivity (Wildman–Crippen MR) is 135 cm³/mol. The smallest absolute Gasteiger partial charge is 0.235 e. The Labute approximate surface area is 202 Å². The fourth-order valence-corrected chi connectivity index (χ4v) is 4.13. The molecule has 0 aliphatic carbocycles. The van der Waals surface area contributed by atoms with E-state index in [-0.39, 0.29) is 11.7 Å². The van der Waals surface area contributed by atoms with Gasteiger partial charge in [-0.05, 0) is 36.6 Å². The highest BCUT2D eigenvalue weighted by molar-refractivity contribution is 7.99. The average molecular weight is 469 g/mol. The van der Waals surface area contributed by atoms with Crippen LogP contribution in [0.15, 0.2) is 65.8 Å². The second-order valence-electron chi connectivity index (χ2n) is 7.70. The Morgan fingerprint density at radius 2 is 1.82 bits per heavy atom. The van der Waals surface area contributed by atoms with Crippen LogP contribution in [0.2, 0.25) is 0 Å². The molecular weight excluding hydrogens is 444 g/mol. The minimum atomic E-state index is -0.223. The maximum Gasteiger partial charge on any atom is 0.235 e. The molecule has 0 saturated carbocycles. The minimum Gasteiger partial charge on any atom is -0.326 e. The van der Waals surface area contributed by atoms with Crippen LogP contribution in [0.1, 0.15) is 33.8 Å². The van der Waals surface area contributed by atoms with Crippen LogP contribution < -0.4 is 5.32 Å². The van der Waals surface area contributed by atoms with Crippen LogP contribution in [-0.2, 0) is 11.3 Å². The lowest BCUT2D eigenvalue weighted by Gasteiger charge is -2.13. The third kappa shape index (κ3) is 5.45. The van der Waals surface area contributed by atoms with Crippen molar-refractivity contribution in [2.24, 2.45) is 0 Å². The van der Waals surface area contributed by atoms with Gasteiger partial charge in [0.05, 0.1) is 11.3 Å².